The number of likely N-dealkylation sites (N-methyl/N-ethyl adjacent to an activating group) is 1. The van der Waals surface area contributed by atoms with Gasteiger partial charge in [0.15, 0.2) is 5.96 Å². The average Bonchev–Trinajstić information content (AvgIpc) is 2.66. The van der Waals surface area contributed by atoms with E-state index >= 15 is 0 Å². The minimum Gasteiger partial charge on any atom is -0.497 e. The number of hydrogen-bond donors (Lipinski definition) is 2. The fraction of sp³-hybridized carbons (Fsp3) is 0.381. The standard InChI is InChI=1S/C21H30N4O/c1-16-6-10-18(11-7-16)20(25(3)4)15-24-21(22-2)23-14-17-8-12-19(26-5)13-9-17/h6-13,20H,14-15H2,1-5H3,(H2,22,23,24). The number of nitrogens with zero attached hydrogens (tertiary/aromatic N) is 2. The Bertz CT molecular complexity index is 693. The molecule has 2 rings (SSSR count). The fourth-order valence-corrected chi connectivity index (χ4v) is 2.73. The number of benzene rings is 2. The Morgan fingerprint density at radius 2 is 1.69 bits per heavy atom. The number of rotatable bonds is 7. The Morgan fingerprint density at radius 1 is 1.04 bits per heavy atom. The molecule has 5 nitrogen and oxygen atoms in total. The van der Waals surface area contributed by atoms with Crippen LogP contribution >= 0.6 is 0 Å². The molecule has 1 unspecified atom stereocenters. The van der Waals surface area contributed by atoms with Crippen LogP contribution in [0.15, 0.2) is 53.5 Å². The van der Waals surface area contributed by atoms with E-state index in [0.717, 1.165) is 18.3 Å². The zero-order chi connectivity index (χ0) is 18.9. The molecule has 0 aliphatic rings. The van der Waals surface area contributed by atoms with Gasteiger partial charge in [-0.3, -0.25) is 4.99 Å². The van der Waals surface area contributed by atoms with Crippen molar-refractivity contribution >= 4 is 5.96 Å². The number of ether oxygens (including phenoxy) is 1. The Kier molecular flexibility index (Phi) is 7.48. The second-order valence-electron chi connectivity index (χ2n) is 6.54. The topological polar surface area (TPSA) is 48.9 Å². The van der Waals surface area contributed by atoms with Crippen LogP contribution in [0, 0.1) is 6.92 Å². The van der Waals surface area contributed by atoms with Gasteiger partial charge in [0.2, 0.25) is 0 Å². The van der Waals surface area contributed by atoms with Gasteiger partial charge in [-0.15, -0.1) is 0 Å². The van der Waals surface area contributed by atoms with Gasteiger partial charge in [-0.05, 0) is 44.3 Å². The van der Waals surface area contributed by atoms with E-state index in [0.29, 0.717) is 6.54 Å². The molecule has 1 atom stereocenters. The first-order chi connectivity index (χ1) is 12.5. The monoisotopic (exact) mass is 354 g/mol. The van der Waals surface area contributed by atoms with E-state index in [9.17, 15) is 0 Å². The molecule has 0 saturated carbocycles. The molecule has 0 aromatic heterocycles. The summed E-state index contributed by atoms with van der Waals surface area (Å²) in [6.45, 7) is 3.59. The Balaban J connectivity index is 1.92. The van der Waals surface area contributed by atoms with Crippen LogP contribution in [0.2, 0.25) is 0 Å². The third-order valence-electron chi connectivity index (χ3n) is 4.39. The molecule has 0 heterocycles. The van der Waals surface area contributed by atoms with Crippen LogP contribution in [0.1, 0.15) is 22.7 Å². The Hall–Kier alpha value is -2.53. The van der Waals surface area contributed by atoms with E-state index in [1.165, 1.54) is 16.7 Å². The first-order valence-corrected chi connectivity index (χ1v) is 8.84. The van der Waals surface area contributed by atoms with Crippen LogP contribution in [-0.4, -0.2) is 45.7 Å². The first kappa shape index (κ1) is 19.8. The summed E-state index contributed by atoms with van der Waals surface area (Å²) in [6, 6.07) is 17.0. The van der Waals surface area contributed by atoms with E-state index in [1.807, 2.05) is 24.3 Å². The lowest BCUT2D eigenvalue weighted by Crippen LogP contribution is -2.41. The molecule has 0 bridgehead atoms. The number of aryl methyl sites for hydroxylation is 1. The van der Waals surface area contributed by atoms with Crippen LogP contribution in [0.4, 0.5) is 0 Å². The minimum atomic E-state index is 0.273. The van der Waals surface area contributed by atoms with Gasteiger partial charge in [-0.25, -0.2) is 0 Å². The SMILES string of the molecule is CN=C(NCc1ccc(OC)cc1)NCC(c1ccc(C)cc1)N(C)C. The minimum absolute atomic E-state index is 0.273. The fourth-order valence-electron chi connectivity index (χ4n) is 2.73. The Morgan fingerprint density at radius 3 is 2.23 bits per heavy atom. The molecule has 0 aliphatic heterocycles. The summed E-state index contributed by atoms with van der Waals surface area (Å²) in [6.07, 6.45) is 0. The molecule has 0 spiro atoms. The zero-order valence-electron chi connectivity index (χ0n) is 16.4. The summed E-state index contributed by atoms with van der Waals surface area (Å²) in [5.74, 6) is 1.66. The molecular weight excluding hydrogens is 324 g/mol. The third-order valence-corrected chi connectivity index (χ3v) is 4.39. The van der Waals surface area contributed by atoms with Crippen LogP contribution in [0.3, 0.4) is 0 Å². The van der Waals surface area contributed by atoms with Gasteiger partial charge in [0, 0.05) is 20.1 Å². The third kappa shape index (κ3) is 5.77. The van der Waals surface area contributed by atoms with E-state index in [2.05, 4.69) is 65.8 Å². The van der Waals surface area contributed by atoms with Gasteiger partial charge in [-0.2, -0.15) is 0 Å². The van der Waals surface area contributed by atoms with Crippen molar-refractivity contribution in [1.82, 2.24) is 15.5 Å². The summed E-state index contributed by atoms with van der Waals surface area (Å²) in [4.78, 5) is 6.54. The number of methoxy groups -OCH3 is 1. The van der Waals surface area contributed by atoms with Crippen molar-refractivity contribution in [2.45, 2.75) is 19.5 Å². The summed E-state index contributed by atoms with van der Waals surface area (Å²) >= 11 is 0. The lowest BCUT2D eigenvalue weighted by atomic mass is 10.0. The molecule has 0 fully saturated rings. The van der Waals surface area contributed by atoms with Gasteiger partial charge in [-0.1, -0.05) is 42.0 Å². The molecule has 26 heavy (non-hydrogen) atoms. The predicted molar refractivity (Wildman–Crippen MR) is 109 cm³/mol. The molecular formula is C21H30N4O. The maximum Gasteiger partial charge on any atom is 0.191 e. The highest BCUT2D eigenvalue weighted by atomic mass is 16.5. The van der Waals surface area contributed by atoms with Crippen LogP contribution in [0.25, 0.3) is 0 Å². The quantitative estimate of drug-likeness (QED) is 0.593. The number of guanidine groups is 1. The first-order valence-electron chi connectivity index (χ1n) is 8.84. The van der Waals surface area contributed by atoms with Gasteiger partial charge in [0.05, 0.1) is 13.2 Å². The second kappa shape index (κ2) is 9.82. The number of aliphatic imine (C=N–C) groups is 1. The molecule has 0 radical (unpaired) electrons. The molecule has 0 amide bonds. The lowest BCUT2D eigenvalue weighted by Gasteiger charge is -2.26. The molecule has 2 aromatic rings. The number of nitrogens with one attached hydrogen (secondary N) is 2. The van der Waals surface area contributed by atoms with Gasteiger partial charge in [0.25, 0.3) is 0 Å². The van der Waals surface area contributed by atoms with Crippen LogP contribution in [0.5, 0.6) is 5.75 Å². The molecule has 2 aromatic carbocycles. The van der Waals surface area contributed by atoms with Crippen molar-refractivity contribution in [3.05, 3.63) is 65.2 Å². The highest BCUT2D eigenvalue weighted by molar-refractivity contribution is 5.79. The van der Waals surface area contributed by atoms with Crippen molar-refractivity contribution in [2.24, 2.45) is 4.99 Å². The molecule has 2 N–H and O–H groups in total. The average molecular weight is 354 g/mol. The maximum absolute atomic E-state index is 5.19. The zero-order valence-corrected chi connectivity index (χ0v) is 16.4. The summed E-state index contributed by atoms with van der Waals surface area (Å²) in [5, 5.41) is 6.79. The van der Waals surface area contributed by atoms with Crippen molar-refractivity contribution < 1.29 is 4.74 Å². The normalized spacial score (nSPS) is 12.8. The van der Waals surface area contributed by atoms with E-state index < -0.39 is 0 Å². The molecule has 140 valence electrons. The van der Waals surface area contributed by atoms with Crippen LogP contribution in [-0.2, 0) is 6.54 Å². The maximum atomic E-state index is 5.19. The molecule has 5 heteroatoms. The van der Waals surface area contributed by atoms with Gasteiger partial charge in [0.1, 0.15) is 5.75 Å². The lowest BCUT2D eigenvalue weighted by molar-refractivity contribution is 0.298. The highest BCUT2D eigenvalue weighted by Gasteiger charge is 2.14. The summed E-state index contributed by atoms with van der Waals surface area (Å²) < 4.78 is 5.19. The second-order valence-corrected chi connectivity index (χ2v) is 6.54. The Labute approximate surface area is 157 Å². The van der Waals surface area contributed by atoms with Crippen molar-refractivity contribution in [2.75, 3.05) is 34.8 Å². The summed E-state index contributed by atoms with van der Waals surface area (Å²) in [7, 11) is 7.66. The largest absolute Gasteiger partial charge is 0.497 e. The van der Waals surface area contributed by atoms with E-state index in [4.69, 9.17) is 4.74 Å². The van der Waals surface area contributed by atoms with Gasteiger partial charge < -0.3 is 20.3 Å². The predicted octanol–water partition coefficient (Wildman–Crippen LogP) is 2.97. The van der Waals surface area contributed by atoms with Crippen molar-refractivity contribution in [3.63, 3.8) is 0 Å². The number of hydrogen-bond acceptors (Lipinski definition) is 3. The molecule has 0 aliphatic carbocycles. The van der Waals surface area contributed by atoms with Gasteiger partial charge >= 0.3 is 0 Å². The summed E-state index contributed by atoms with van der Waals surface area (Å²) in [5.41, 5.74) is 3.74. The van der Waals surface area contributed by atoms with E-state index in [1.54, 1.807) is 14.2 Å². The highest BCUT2D eigenvalue weighted by Crippen LogP contribution is 2.18. The van der Waals surface area contributed by atoms with Crippen molar-refractivity contribution in [1.29, 1.82) is 0 Å². The van der Waals surface area contributed by atoms with E-state index in [-0.39, 0.29) is 6.04 Å². The van der Waals surface area contributed by atoms with Crippen molar-refractivity contribution in [3.8, 4) is 5.75 Å². The molecule has 0 saturated heterocycles. The smallest absolute Gasteiger partial charge is 0.191 e. The van der Waals surface area contributed by atoms with Crippen LogP contribution < -0.4 is 15.4 Å².